The van der Waals surface area contributed by atoms with Crippen molar-refractivity contribution < 1.29 is 9.53 Å². The molecule has 0 saturated heterocycles. The normalized spacial score (nSPS) is 12.2. The Morgan fingerprint density at radius 2 is 1.94 bits per heavy atom. The molecule has 1 aromatic carbocycles. The van der Waals surface area contributed by atoms with Crippen molar-refractivity contribution in [1.82, 2.24) is 0 Å². The molecule has 0 aliphatic rings. The fourth-order valence-corrected chi connectivity index (χ4v) is 2.90. The van der Waals surface area contributed by atoms with E-state index in [0.717, 1.165) is 16.7 Å². The van der Waals surface area contributed by atoms with E-state index < -0.39 is 5.78 Å². The molecular formula is C27H29N3O2. The Kier molecular flexibility index (Phi) is 10.8. The maximum absolute atomic E-state index is 12.5. The second-order valence-electron chi connectivity index (χ2n) is 6.91. The first-order chi connectivity index (χ1) is 15.3. The van der Waals surface area contributed by atoms with Crippen molar-refractivity contribution in [1.29, 1.82) is 16.1 Å². The molecule has 164 valence electrons. The van der Waals surface area contributed by atoms with Crippen molar-refractivity contribution in [2.45, 2.75) is 26.7 Å². The molecule has 0 aliphatic carbocycles. The van der Waals surface area contributed by atoms with Gasteiger partial charge in [-0.25, -0.2) is 0 Å². The van der Waals surface area contributed by atoms with Crippen LogP contribution in [-0.2, 0) is 4.79 Å². The number of ether oxygens (including phenoxy) is 1. The minimum absolute atomic E-state index is 0.151. The molecule has 0 spiro atoms. The minimum atomic E-state index is -0.451. The molecule has 0 atom stereocenters. The van der Waals surface area contributed by atoms with Gasteiger partial charge in [0.15, 0.2) is 0 Å². The summed E-state index contributed by atoms with van der Waals surface area (Å²) in [5.74, 6) is 0.145. The third-order valence-electron chi connectivity index (χ3n) is 4.64. The monoisotopic (exact) mass is 427 g/mol. The van der Waals surface area contributed by atoms with Crippen LogP contribution >= 0.6 is 0 Å². The second-order valence-corrected chi connectivity index (χ2v) is 6.91. The van der Waals surface area contributed by atoms with Crippen LogP contribution < -0.4 is 4.74 Å². The van der Waals surface area contributed by atoms with E-state index in [2.05, 4.69) is 19.2 Å². The Balaban J connectivity index is 3.01. The van der Waals surface area contributed by atoms with Crippen molar-refractivity contribution in [2.24, 2.45) is 0 Å². The summed E-state index contributed by atoms with van der Waals surface area (Å²) in [6.45, 7) is 11.2. The summed E-state index contributed by atoms with van der Waals surface area (Å²) in [6.07, 6.45) is 11.7. The van der Waals surface area contributed by atoms with Gasteiger partial charge < -0.3 is 10.1 Å². The highest BCUT2D eigenvalue weighted by molar-refractivity contribution is 6.47. The van der Waals surface area contributed by atoms with Crippen molar-refractivity contribution in [3.8, 4) is 11.8 Å². The summed E-state index contributed by atoms with van der Waals surface area (Å²) in [7, 11) is 1.55. The highest BCUT2D eigenvalue weighted by atomic mass is 16.5. The lowest BCUT2D eigenvalue weighted by Gasteiger charge is -2.10. The van der Waals surface area contributed by atoms with E-state index in [-0.39, 0.29) is 11.4 Å². The standard InChI is InChI=1S/C27H29N3O2/c1-6-10-22(18-28)16-20(7-2)15-21(8-3)17-26(31)25(30)14-13-24(29)23-12-9-11-19(4)27(23)32-5/h6-7,9-14,16-17,29-30H,1-2,8,15H2,3-5H3/b14-13-,20-16+,21-17-,22-10+,29-24?,30-25?. The highest BCUT2D eigenvalue weighted by Crippen LogP contribution is 2.23. The second kappa shape index (κ2) is 13.3. The number of rotatable bonds is 12. The summed E-state index contributed by atoms with van der Waals surface area (Å²) < 4.78 is 5.37. The lowest BCUT2D eigenvalue weighted by molar-refractivity contribution is -0.108. The summed E-state index contributed by atoms with van der Waals surface area (Å²) in [4.78, 5) is 12.5. The number of ketones is 1. The number of nitrogens with zero attached hydrogens (tertiary/aromatic N) is 1. The van der Waals surface area contributed by atoms with Crippen LogP contribution in [0.3, 0.4) is 0 Å². The molecule has 0 saturated carbocycles. The smallest absolute Gasteiger partial charge is 0.203 e. The molecule has 5 heteroatoms. The number of carbonyl (C=O) groups is 1. The first-order valence-corrected chi connectivity index (χ1v) is 10.1. The van der Waals surface area contributed by atoms with Crippen molar-refractivity contribution in [3.63, 3.8) is 0 Å². The van der Waals surface area contributed by atoms with E-state index in [0.29, 0.717) is 29.7 Å². The van der Waals surface area contributed by atoms with Gasteiger partial charge in [0, 0.05) is 5.56 Å². The van der Waals surface area contributed by atoms with Gasteiger partial charge in [-0.1, -0.05) is 49.9 Å². The zero-order valence-corrected chi connectivity index (χ0v) is 18.9. The largest absolute Gasteiger partial charge is 0.496 e. The Bertz CT molecular complexity index is 1080. The lowest BCUT2D eigenvalue weighted by Crippen LogP contribution is -2.09. The number of hydrogen-bond donors (Lipinski definition) is 2. The molecule has 1 aromatic rings. The summed E-state index contributed by atoms with van der Waals surface area (Å²) in [5.41, 5.74) is 3.46. The van der Waals surface area contributed by atoms with E-state index in [1.807, 2.05) is 26.0 Å². The first-order valence-electron chi connectivity index (χ1n) is 10.1. The maximum atomic E-state index is 12.5. The molecule has 0 fully saturated rings. The molecule has 0 aromatic heterocycles. The van der Waals surface area contributed by atoms with Gasteiger partial charge >= 0.3 is 0 Å². The molecule has 2 N–H and O–H groups in total. The van der Waals surface area contributed by atoms with Gasteiger partial charge in [-0.2, -0.15) is 5.26 Å². The van der Waals surface area contributed by atoms with Gasteiger partial charge in [-0.15, -0.1) is 0 Å². The van der Waals surface area contributed by atoms with E-state index >= 15 is 0 Å². The number of para-hydroxylation sites is 1. The predicted molar refractivity (Wildman–Crippen MR) is 132 cm³/mol. The molecule has 0 radical (unpaired) electrons. The average molecular weight is 428 g/mol. The molecule has 5 nitrogen and oxygen atoms in total. The number of hydrogen-bond acceptors (Lipinski definition) is 5. The van der Waals surface area contributed by atoms with E-state index in [4.69, 9.17) is 15.6 Å². The highest BCUT2D eigenvalue weighted by Gasteiger charge is 2.10. The van der Waals surface area contributed by atoms with Gasteiger partial charge in [0.1, 0.15) is 11.5 Å². The van der Waals surface area contributed by atoms with Gasteiger partial charge in [0.25, 0.3) is 0 Å². The lowest BCUT2D eigenvalue weighted by atomic mass is 9.98. The van der Waals surface area contributed by atoms with E-state index in [1.165, 1.54) is 24.3 Å². The molecule has 0 unspecified atom stereocenters. The van der Waals surface area contributed by atoms with Crippen molar-refractivity contribution >= 4 is 17.2 Å². The number of allylic oxidation sites excluding steroid dienone is 10. The summed E-state index contributed by atoms with van der Waals surface area (Å²) in [5, 5.41) is 25.5. The maximum Gasteiger partial charge on any atom is 0.203 e. The average Bonchev–Trinajstić information content (AvgIpc) is 2.80. The molecule has 0 amide bonds. The van der Waals surface area contributed by atoms with Gasteiger partial charge in [0.2, 0.25) is 5.78 Å². The Hall–Kier alpha value is -4.04. The number of nitriles is 1. The number of carbonyl (C=O) groups excluding carboxylic acids is 1. The fraction of sp³-hybridized carbons (Fsp3) is 0.185. The third-order valence-corrected chi connectivity index (χ3v) is 4.64. The predicted octanol–water partition coefficient (Wildman–Crippen LogP) is 5.99. The fourth-order valence-electron chi connectivity index (χ4n) is 2.90. The Morgan fingerprint density at radius 3 is 2.50 bits per heavy atom. The first kappa shape index (κ1) is 26.0. The van der Waals surface area contributed by atoms with Crippen LogP contribution in [0.1, 0.15) is 30.9 Å². The number of methoxy groups -OCH3 is 1. The third kappa shape index (κ3) is 7.66. The van der Waals surface area contributed by atoms with Gasteiger partial charge in [0.05, 0.1) is 24.5 Å². The zero-order valence-electron chi connectivity index (χ0n) is 18.9. The van der Waals surface area contributed by atoms with Gasteiger partial charge in [-0.3, -0.25) is 10.2 Å². The molecule has 1 rings (SSSR count). The van der Waals surface area contributed by atoms with Crippen molar-refractivity contribution in [2.75, 3.05) is 7.11 Å². The molecule has 0 heterocycles. The van der Waals surface area contributed by atoms with Crippen LogP contribution in [-0.4, -0.2) is 24.3 Å². The van der Waals surface area contributed by atoms with E-state index in [9.17, 15) is 10.1 Å². The summed E-state index contributed by atoms with van der Waals surface area (Å²) in [6, 6.07) is 7.56. The number of aryl methyl sites for hydroxylation is 1. The van der Waals surface area contributed by atoms with Crippen LogP contribution in [0.5, 0.6) is 5.75 Å². The van der Waals surface area contributed by atoms with Gasteiger partial charge in [-0.05, 0) is 67.3 Å². The van der Waals surface area contributed by atoms with Crippen LogP contribution in [0.2, 0.25) is 0 Å². The van der Waals surface area contributed by atoms with Crippen LogP contribution in [0.15, 0.2) is 90.6 Å². The molecule has 32 heavy (non-hydrogen) atoms. The molecule has 0 bridgehead atoms. The van der Waals surface area contributed by atoms with Crippen LogP contribution in [0.4, 0.5) is 0 Å². The molecular weight excluding hydrogens is 398 g/mol. The van der Waals surface area contributed by atoms with Crippen LogP contribution in [0.25, 0.3) is 0 Å². The van der Waals surface area contributed by atoms with Crippen molar-refractivity contribution in [3.05, 3.63) is 102 Å². The molecule has 0 aliphatic heterocycles. The topological polar surface area (TPSA) is 97.8 Å². The minimum Gasteiger partial charge on any atom is -0.496 e. The number of nitrogens with one attached hydrogen (secondary N) is 2. The Morgan fingerprint density at radius 1 is 1.22 bits per heavy atom. The quantitative estimate of drug-likeness (QED) is 0.185. The SMILES string of the molecule is C=C/C=C(C#N)\C=C(/C=C)C/C(=C\C(=O)C(=N)/C=C\C(=N)c1cccc(C)c1OC)CC. The van der Waals surface area contributed by atoms with E-state index in [1.54, 1.807) is 31.4 Å². The number of benzene rings is 1. The summed E-state index contributed by atoms with van der Waals surface area (Å²) >= 11 is 0. The van der Waals surface area contributed by atoms with Crippen LogP contribution in [0, 0.1) is 29.1 Å². The Labute approximate surface area is 190 Å². The zero-order chi connectivity index (χ0) is 24.1.